The number of carbonyl (C=O) groups excluding carboxylic acids is 2. The maximum absolute atomic E-state index is 13.1. The van der Waals surface area contributed by atoms with Crippen LogP contribution < -0.4 is 10.6 Å². The van der Waals surface area contributed by atoms with Crippen molar-refractivity contribution in [2.75, 3.05) is 5.01 Å². The van der Waals surface area contributed by atoms with Crippen LogP contribution in [0.15, 0.2) is 41.2 Å². The number of unbranched alkanes of at least 4 members (excludes halogenated alkanes) is 9. The molecule has 1 aliphatic heterocycles. The van der Waals surface area contributed by atoms with E-state index < -0.39 is 17.4 Å². The van der Waals surface area contributed by atoms with Crippen LogP contribution in [0, 0.1) is 0 Å². The van der Waals surface area contributed by atoms with Gasteiger partial charge in [-0.15, -0.1) is 0 Å². The average Bonchev–Trinajstić information content (AvgIpc) is 3.47. The minimum atomic E-state index is -0.502. The summed E-state index contributed by atoms with van der Waals surface area (Å²) >= 11 is 25.5. The number of nitrogens with one attached hydrogen (secondary N) is 1. The first-order valence-corrected chi connectivity index (χ1v) is 16.1. The number of hydrogen-bond acceptors (Lipinski definition) is 4. The van der Waals surface area contributed by atoms with Gasteiger partial charge < -0.3 is 0 Å². The second-order valence-electron chi connectivity index (χ2n) is 10.7. The summed E-state index contributed by atoms with van der Waals surface area (Å²) in [4.78, 5) is 39.0. The molecule has 11 heteroatoms. The standard InChI is InChI=1S/C31H36Cl4N4O3/c1-2-3-4-5-6-7-8-9-10-11-12-21-13-14-23(33)26(17-21)38(39-28(40)15-16-29(39)41)27-20-30(42)37(36-27)31-24(34)18-22(32)19-25(31)35/h13-14,17-20,36H,2-12,15-16H2,1H3. The van der Waals surface area contributed by atoms with Gasteiger partial charge in [-0.1, -0.05) is 117 Å². The van der Waals surface area contributed by atoms with Crippen LogP contribution in [0.5, 0.6) is 0 Å². The van der Waals surface area contributed by atoms with Gasteiger partial charge >= 0.3 is 0 Å². The number of rotatable bonds is 15. The largest absolute Gasteiger partial charge is 0.274 e. The van der Waals surface area contributed by atoms with Crippen LogP contribution in [0.4, 0.5) is 11.5 Å². The van der Waals surface area contributed by atoms with Gasteiger partial charge in [-0.05, 0) is 42.7 Å². The van der Waals surface area contributed by atoms with Gasteiger partial charge in [0.1, 0.15) is 5.69 Å². The van der Waals surface area contributed by atoms with Crippen molar-refractivity contribution in [1.29, 1.82) is 0 Å². The van der Waals surface area contributed by atoms with E-state index in [-0.39, 0.29) is 34.4 Å². The molecule has 7 nitrogen and oxygen atoms in total. The zero-order chi connectivity index (χ0) is 30.2. The predicted molar refractivity (Wildman–Crippen MR) is 172 cm³/mol. The fourth-order valence-corrected chi connectivity index (χ4v) is 6.42. The number of nitrogens with zero attached hydrogens (tertiary/aromatic N) is 3. The maximum atomic E-state index is 13.1. The van der Waals surface area contributed by atoms with Crippen molar-refractivity contribution in [3.8, 4) is 5.69 Å². The third kappa shape index (κ3) is 7.93. The van der Waals surface area contributed by atoms with Crippen molar-refractivity contribution in [1.82, 2.24) is 14.8 Å². The summed E-state index contributed by atoms with van der Waals surface area (Å²) in [7, 11) is 0. The number of hydrogen-bond donors (Lipinski definition) is 1. The number of benzene rings is 2. The van der Waals surface area contributed by atoms with Gasteiger partial charge in [0.15, 0.2) is 5.82 Å². The molecule has 1 saturated heterocycles. The molecular weight excluding hydrogens is 618 g/mol. The molecule has 1 aliphatic rings. The molecule has 1 fully saturated rings. The smallest absolute Gasteiger partial charge is 0.273 e. The summed E-state index contributed by atoms with van der Waals surface area (Å²) < 4.78 is 1.15. The van der Waals surface area contributed by atoms with Gasteiger partial charge in [-0.25, -0.2) is 9.69 Å². The Morgan fingerprint density at radius 1 is 0.738 bits per heavy atom. The molecule has 0 spiro atoms. The Hall–Kier alpha value is -2.45. The lowest BCUT2D eigenvalue weighted by Crippen LogP contribution is -2.43. The van der Waals surface area contributed by atoms with E-state index in [9.17, 15) is 14.4 Å². The molecule has 0 unspecified atom stereocenters. The monoisotopic (exact) mass is 652 g/mol. The Morgan fingerprint density at radius 3 is 1.90 bits per heavy atom. The average molecular weight is 654 g/mol. The lowest BCUT2D eigenvalue weighted by Gasteiger charge is -2.31. The van der Waals surface area contributed by atoms with Crippen LogP contribution in [-0.4, -0.2) is 26.6 Å². The van der Waals surface area contributed by atoms with E-state index in [1.54, 1.807) is 6.07 Å². The molecule has 0 bridgehead atoms. The molecule has 0 saturated carbocycles. The first-order valence-electron chi connectivity index (χ1n) is 14.6. The van der Waals surface area contributed by atoms with Crippen LogP contribution in [0.2, 0.25) is 20.1 Å². The van der Waals surface area contributed by atoms with Gasteiger partial charge in [0, 0.05) is 23.9 Å². The Labute approximate surface area is 266 Å². The Morgan fingerprint density at radius 2 is 1.31 bits per heavy atom. The van der Waals surface area contributed by atoms with Gasteiger partial charge in [0.2, 0.25) is 11.8 Å². The van der Waals surface area contributed by atoms with Crippen molar-refractivity contribution in [2.45, 2.75) is 90.4 Å². The number of amides is 2. The predicted octanol–water partition coefficient (Wildman–Crippen LogP) is 9.44. The number of hydrazine groups is 1. The van der Waals surface area contributed by atoms with Crippen molar-refractivity contribution in [2.24, 2.45) is 0 Å². The fraction of sp³-hybridized carbons (Fsp3) is 0.452. The fourth-order valence-electron chi connectivity index (χ4n) is 5.23. The van der Waals surface area contributed by atoms with Crippen molar-refractivity contribution < 1.29 is 9.59 Å². The molecule has 4 rings (SSSR count). The van der Waals surface area contributed by atoms with E-state index >= 15 is 0 Å². The SMILES string of the molecule is CCCCCCCCCCCCc1ccc(Cl)c(N(c2cc(=O)n(-c3c(Cl)cc(Cl)cc3Cl)[nH]2)N2C(=O)CCC2=O)c1. The molecule has 2 aromatic carbocycles. The van der Waals surface area contributed by atoms with E-state index in [1.807, 2.05) is 12.1 Å². The molecule has 2 heterocycles. The number of carbonyl (C=O) groups is 2. The summed E-state index contributed by atoms with van der Waals surface area (Å²) in [6, 6.07) is 9.78. The van der Waals surface area contributed by atoms with Crippen LogP contribution in [0.3, 0.4) is 0 Å². The maximum Gasteiger partial charge on any atom is 0.273 e. The molecular formula is C31H36Cl4N4O3. The summed E-state index contributed by atoms with van der Waals surface area (Å²) in [5.41, 5.74) is 1.12. The van der Waals surface area contributed by atoms with E-state index in [0.29, 0.717) is 15.7 Å². The lowest BCUT2D eigenvalue weighted by molar-refractivity contribution is -0.138. The number of aromatic nitrogens is 2. The van der Waals surface area contributed by atoms with Crippen LogP contribution in [-0.2, 0) is 16.0 Å². The topological polar surface area (TPSA) is 78.4 Å². The molecule has 3 aromatic rings. The van der Waals surface area contributed by atoms with Gasteiger partial charge in [0.25, 0.3) is 5.56 Å². The Bertz CT molecular complexity index is 1430. The highest BCUT2D eigenvalue weighted by Crippen LogP contribution is 2.37. The minimum Gasteiger partial charge on any atom is -0.274 e. The molecule has 0 atom stereocenters. The molecule has 226 valence electrons. The second kappa shape index (κ2) is 15.3. The Balaban J connectivity index is 1.56. The van der Waals surface area contributed by atoms with Crippen LogP contribution >= 0.6 is 46.4 Å². The molecule has 2 amide bonds. The molecule has 0 radical (unpaired) electrons. The number of halogens is 4. The zero-order valence-electron chi connectivity index (χ0n) is 23.7. The zero-order valence-corrected chi connectivity index (χ0v) is 26.8. The summed E-state index contributed by atoms with van der Waals surface area (Å²) in [6.45, 7) is 2.24. The minimum absolute atomic E-state index is 0.0605. The van der Waals surface area contributed by atoms with Crippen molar-refractivity contribution >= 4 is 69.7 Å². The summed E-state index contributed by atoms with van der Waals surface area (Å²) in [6.07, 6.45) is 13.4. The molecule has 0 aliphatic carbocycles. The number of aromatic amines is 1. The lowest BCUT2D eigenvalue weighted by atomic mass is 10.0. The van der Waals surface area contributed by atoms with Crippen LogP contribution in [0.25, 0.3) is 5.69 Å². The summed E-state index contributed by atoms with van der Waals surface area (Å²) in [5.74, 6) is -0.636. The molecule has 42 heavy (non-hydrogen) atoms. The van der Waals surface area contributed by atoms with Crippen LogP contribution in [0.1, 0.15) is 89.5 Å². The number of H-pyrrole nitrogens is 1. The van der Waals surface area contributed by atoms with Gasteiger partial charge in [0.05, 0.1) is 20.8 Å². The van der Waals surface area contributed by atoms with E-state index in [2.05, 4.69) is 12.0 Å². The highest BCUT2D eigenvalue weighted by Gasteiger charge is 2.37. The van der Waals surface area contributed by atoms with Gasteiger partial charge in [-0.2, -0.15) is 5.01 Å². The number of imide groups is 1. The highest BCUT2D eigenvalue weighted by atomic mass is 35.5. The number of aryl methyl sites for hydroxylation is 1. The van der Waals surface area contributed by atoms with Crippen molar-refractivity contribution in [3.63, 3.8) is 0 Å². The van der Waals surface area contributed by atoms with E-state index in [1.165, 1.54) is 74.6 Å². The molecule has 1 aromatic heterocycles. The normalized spacial score (nSPS) is 13.4. The second-order valence-corrected chi connectivity index (χ2v) is 12.3. The van der Waals surface area contributed by atoms with E-state index in [4.69, 9.17) is 46.4 Å². The Kier molecular flexibility index (Phi) is 11.8. The number of anilines is 2. The third-order valence-corrected chi connectivity index (χ3v) is 8.54. The molecule has 1 N–H and O–H groups in total. The van der Waals surface area contributed by atoms with Crippen molar-refractivity contribution in [3.05, 3.63) is 72.4 Å². The third-order valence-electron chi connectivity index (χ3n) is 7.42. The van der Waals surface area contributed by atoms with E-state index in [0.717, 1.165) is 34.5 Å². The first-order chi connectivity index (χ1) is 20.2. The highest BCUT2D eigenvalue weighted by molar-refractivity contribution is 6.40. The van der Waals surface area contributed by atoms with Gasteiger partial charge in [-0.3, -0.25) is 19.5 Å². The summed E-state index contributed by atoms with van der Waals surface area (Å²) in [5, 5.41) is 6.31. The first kappa shape index (κ1) is 32.5. The quantitative estimate of drug-likeness (QED) is 0.131.